The number of carbonyl (C=O) groups is 1. The summed E-state index contributed by atoms with van der Waals surface area (Å²) in [5.74, 6) is 1.43. The molecule has 1 amide bonds. The van der Waals surface area contributed by atoms with Gasteiger partial charge < -0.3 is 10.1 Å². The van der Waals surface area contributed by atoms with Gasteiger partial charge in [0.15, 0.2) is 0 Å². The Labute approximate surface area is 167 Å². The van der Waals surface area contributed by atoms with Gasteiger partial charge in [-0.25, -0.2) is 4.98 Å². The van der Waals surface area contributed by atoms with E-state index >= 15 is 0 Å². The van der Waals surface area contributed by atoms with Crippen LogP contribution >= 0.6 is 11.3 Å². The number of methoxy groups -OCH3 is 1. The van der Waals surface area contributed by atoms with E-state index in [9.17, 15) is 4.79 Å². The van der Waals surface area contributed by atoms with Crippen LogP contribution in [0.1, 0.15) is 35.2 Å². The van der Waals surface area contributed by atoms with Crippen molar-refractivity contribution in [2.75, 3.05) is 24.3 Å². The van der Waals surface area contributed by atoms with E-state index in [0.717, 1.165) is 31.0 Å². The Hall–Kier alpha value is -3.00. The molecule has 144 valence electrons. The third-order valence-corrected chi connectivity index (χ3v) is 5.81. The number of para-hydroxylation sites is 1. The third-order valence-electron chi connectivity index (χ3n) is 5.20. The number of rotatable bonds is 7. The number of hydrogen-bond acceptors (Lipinski definition) is 7. The minimum atomic E-state index is -0.250. The first kappa shape index (κ1) is 18.4. The predicted molar refractivity (Wildman–Crippen MR) is 109 cm³/mol. The van der Waals surface area contributed by atoms with Crippen LogP contribution in [0.15, 0.2) is 48.1 Å². The molecule has 0 radical (unpaired) electrons. The van der Waals surface area contributed by atoms with Crippen LogP contribution in [-0.2, 0) is 5.41 Å². The maximum atomic E-state index is 12.2. The standard InChI is InChI=1S/C20H21N5O2S/c1-27-16-6-3-2-5-15(16)20(9-4-10-20)12-22-17-8-7-14(11-21-17)18(26)24-19-25-23-13-28-19/h2-3,5-8,11,13H,4,9-10,12H2,1H3,(H,21,22)(H,24,25,26). The highest BCUT2D eigenvalue weighted by Crippen LogP contribution is 2.47. The predicted octanol–water partition coefficient (Wildman–Crippen LogP) is 3.73. The van der Waals surface area contributed by atoms with Gasteiger partial charge in [0.2, 0.25) is 5.13 Å². The van der Waals surface area contributed by atoms with Crippen LogP contribution in [0.2, 0.25) is 0 Å². The van der Waals surface area contributed by atoms with Crippen molar-refractivity contribution in [3.8, 4) is 5.75 Å². The molecular formula is C20H21N5O2S. The lowest BCUT2D eigenvalue weighted by Crippen LogP contribution is -2.41. The van der Waals surface area contributed by atoms with Crippen molar-refractivity contribution < 1.29 is 9.53 Å². The van der Waals surface area contributed by atoms with Crippen molar-refractivity contribution in [1.29, 1.82) is 0 Å². The Morgan fingerprint density at radius 3 is 2.75 bits per heavy atom. The van der Waals surface area contributed by atoms with E-state index in [0.29, 0.717) is 10.7 Å². The summed E-state index contributed by atoms with van der Waals surface area (Å²) in [7, 11) is 1.71. The summed E-state index contributed by atoms with van der Waals surface area (Å²) >= 11 is 1.27. The highest BCUT2D eigenvalue weighted by molar-refractivity contribution is 7.13. The molecule has 0 atom stereocenters. The van der Waals surface area contributed by atoms with Gasteiger partial charge in [-0.3, -0.25) is 10.1 Å². The summed E-state index contributed by atoms with van der Waals surface area (Å²) in [4.78, 5) is 16.6. The van der Waals surface area contributed by atoms with Crippen LogP contribution in [0.3, 0.4) is 0 Å². The summed E-state index contributed by atoms with van der Waals surface area (Å²) in [5, 5.41) is 14.1. The molecule has 2 heterocycles. The normalized spacial score (nSPS) is 14.8. The molecule has 0 bridgehead atoms. The fourth-order valence-electron chi connectivity index (χ4n) is 3.52. The van der Waals surface area contributed by atoms with Crippen LogP contribution in [0.25, 0.3) is 0 Å². The molecule has 28 heavy (non-hydrogen) atoms. The second-order valence-corrected chi connectivity index (χ2v) is 7.65. The molecule has 7 nitrogen and oxygen atoms in total. The summed E-state index contributed by atoms with van der Waals surface area (Å²) < 4.78 is 5.57. The van der Waals surface area contributed by atoms with Gasteiger partial charge in [0, 0.05) is 23.7 Å². The maximum absolute atomic E-state index is 12.2. The molecule has 1 aliphatic carbocycles. The maximum Gasteiger partial charge on any atom is 0.259 e. The second kappa shape index (κ2) is 7.93. The van der Waals surface area contributed by atoms with Gasteiger partial charge in [0.1, 0.15) is 17.1 Å². The Kier molecular flexibility index (Phi) is 5.21. The number of nitrogens with one attached hydrogen (secondary N) is 2. The topological polar surface area (TPSA) is 89.0 Å². The summed E-state index contributed by atoms with van der Waals surface area (Å²) in [6, 6.07) is 11.8. The van der Waals surface area contributed by atoms with Crippen LogP contribution < -0.4 is 15.4 Å². The van der Waals surface area contributed by atoms with Crippen molar-refractivity contribution in [2.24, 2.45) is 0 Å². The molecule has 1 aromatic carbocycles. The quantitative estimate of drug-likeness (QED) is 0.634. The molecule has 0 aliphatic heterocycles. The smallest absolute Gasteiger partial charge is 0.259 e. The fourth-order valence-corrected chi connectivity index (χ4v) is 3.96. The van der Waals surface area contributed by atoms with Gasteiger partial charge >= 0.3 is 0 Å². The van der Waals surface area contributed by atoms with E-state index in [1.54, 1.807) is 24.9 Å². The van der Waals surface area contributed by atoms with Crippen LogP contribution in [0, 0.1) is 0 Å². The lowest BCUT2D eigenvalue weighted by Gasteiger charge is -2.43. The van der Waals surface area contributed by atoms with Gasteiger partial charge in [-0.2, -0.15) is 0 Å². The average molecular weight is 395 g/mol. The number of amides is 1. The van der Waals surface area contributed by atoms with E-state index in [2.05, 4.69) is 37.9 Å². The monoisotopic (exact) mass is 395 g/mol. The van der Waals surface area contributed by atoms with E-state index in [-0.39, 0.29) is 11.3 Å². The molecule has 0 saturated heterocycles. The zero-order valence-electron chi connectivity index (χ0n) is 15.5. The van der Waals surface area contributed by atoms with Gasteiger partial charge in [-0.15, -0.1) is 10.2 Å². The lowest BCUT2D eigenvalue weighted by molar-refractivity contribution is 0.102. The molecular weight excluding hydrogens is 374 g/mol. The highest BCUT2D eigenvalue weighted by atomic mass is 32.1. The Morgan fingerprint density at radius 1 is 1.25 bits per heavy atom. The number of nitrogens with zero attached hydrogens (tertiary/aromatic N) is 3. The van der Waals surface area contributed by atoms with Crippen molar-refractivity contribution in [1.82, 2.24) is 15.2 Å². The highest BCUT2D eigenvalue weighted by Gasteiger charge is 2.40. The van der Waals surface area contributed by atoms with Gasteiger partial charge in [0.05, 0.1) is 12.7 Å². The van der Waals surface area contributed by atoms with Crippen molar-refractivity contribution >= 4 is 28.2 Å². The Morgan fingerprint density at radius 2 is 2.11 bits per heavy atom. The van der Waals surface area contributed by atoms with Crippen LogP contribution in [-0.4, -0.2) is 34.7 Å². The van der Waals surface area contributed by atoms with E-state index in [1.165, 1.54) is 23.3 Å². The minimum Gasteiger partial charge on any atom is -0.496 e. The van der Waals surface area contributed by atoms with E-state index in [4.69, 9.17) is 4.74 Å². The molecule has 0 unspecified atom stereocenters. The van der Waals surface area contributed by atoms with E-state index in [1.807, 2.05) is 18.2 Å². The Balaban J connectivity index is 1.42. The average Bonchev–Trinajstić information content (AvgIpc) is 3.21. The molecule has 1 fully saturated rings. The van der Waals surface area contributed by atoms with Crippen molar-refractivity contribution in [3.05, 3.63) is 59.2 Å². The largest absolute Gasteiger partial charge is 0.496 e. The Bertz CT molecular complexity index is 939. The molecule has 8 heteroatoms. The SMILES string of the molecule is COc1ccccc1C1(CNc2ccc(C(=O)Nc3nncs3)cn2)CCC1. The molecule has 3 aromatic rings. The lowest BCUT2D eigenvalue weighted by atomic mass is 9.64. The molecule has 1 saturated carbocycles. The number of carbonyl (C=O) groups excluding carboxylic acids is 1. The first-order chi connectivity index (χ1) is 13.7. The number of ether oxygens (including phenoxy) is 1. The molecule has 2 N–H and O–H groups in total. The van der Waals surface area contributed by atoms with Crippen LogP contribution in [0.5, 0.6) is 5.75 Å². The number of hydrogen-bond donors (Lipinski definition) is 2. The fraction of sp³-hybridized carbons (Fsp3) is 0.300. The summed E-state index contributed by atoms with van der Waals surface area (Å²) in [5.41, 5.74) is 3.34. The molecule has 0 spiro atoms. The zero-order chi connectivity index (χ0) is 19.4. The molecule has 1 aliphatic rings. The summed E-state index contributed by atoms with van der Waals surface area (Å²) in [6.45, 7) is 0.775. The zero-order valence-corrected chi connectivity index (χ0v) is 16.3. The van der Waals surface area contributed by atoms with Gasteiger partial charge in [-0.1, -0.05) is 36.0 Å². The van der Waals surface area contributed by atoms with Gasteiger partial charge in [-0.05, 0) is 31.0 Å². The first-order valence-corrected chi connectivity index (χ1v) is 9.99. The number of benzene rings is 1. The summed E-state index contributed by atoms with van der Waals surface area (Å²) in [6.07, 6.45) is 5.00. The molecule has 2 aromatic heterocycles. The van der Waals surface area contributed by atoms with Crippen LogP contribution in [0.4, 0.5) is 10.9 Å². The molecule has 4 rings (SSSR count). The van der Waals surface area contributed by atoms with Gasteiger partial charge in [0.25, 0.3) is 5.91 Å². The van der Waals surface area contributed by atoms with Crippen molar-refractivity contribution in [2.45, 2.75) is 24.7 Å². The number of aromatic nitrogens is 3. The third kappa shape index (κ3) is 3.68. The van der Waals surface area contributed by atoms with Crippen molar-refractivity contribution in [3.63, 3.8) is 0 Å². The number of anilines is 2. The van der Waals surface area contributed by atoms with E-state index < -0.39 is 0 Å². The minimum absolute atomic E-state index is 0.0577. The second-order valence-electron chi connectivity index (χ2n) is 6.82. The number of pyridine rings is 1. The first-order valence-electron chi connectivity index (χ1n) is 9.11.